The van der Waals surface area contributed by atoms with Gasteiger partial charge in [0.2, 0.25) is 17.7 Å². The Kier molecular flexibility index (Phi) is 10.9. The number of aliphatic hydroxyl groups is 1. The summed E-state index contributed by atoms with van der Waals surface area (Å²) in [7, 11) is 0. The quantitative estimate of drug-likeness (QED) is 0.140. The van der Waals surface area contributed by atoms with E-state index >= 15 is 0 Å². The molecule has 3 amide bonds. The molecule has 5 atom stereocenters. The minimum atomic E-state index is -1.50. The van der Waals surface area contributed by atoms with Crippen molar-refractivity contribution >= 4 is 29.7 Å². The molecular formula is C19H30N6O8. The van der Waals surface area contributed by atoms with E-state index in [0.29, 0.717) is 12.1 Å². The van der Waals surface area contributed by atoms with Gasteiger partial charge in [-0.3, -0.25) is 19.2 Å². The molecule has 1 rings (SSSR count). The molecule has 1 aromatic heterocycles. The lowest BCUT2D eigenvalue weighted by molar-refractivity contribution is -0.144. The predicted octanol–water partition coefficient (Wildman–Crippen LogP) is -2.67. The van der Waals surface area contributed by atoms with E-state index in [1.807, 2.05) is 0 Å². The highest BCUT2D eigenvalue weighted by atomic mass is 16.4. The highest BCUT2D eigenvalue weighted by molar-refractivity contribution is 5.94. The maximum atomic E-state index is 12.8. The largest absolute Gasteiger partial charge is 0.481 e. The first-order chi connectivity index (χ1) is 15.5. The van der Waals surface area contributed by atoms with E-state index in [1.54, 1.807) is 13.8 Å². The zero-order valence-electron chi connectivity index (χ0n) is 18.3. The topological polar surface area (TPSA) is 237 Å². The number of carbonyl (C=O) groups is 5. The molecule has 0 radical (unpaired) electrons. The molecule has 5 unspecified atom stereocenters. The fraction of sp³-hybridized carbons (Fsp3) is 0.579. The zero-order chi connectivity index (χ0) is 25.1. The smallest absolute Gasteiger partial charge is 0.326 e. The van der Waals surface area contributed by atoms with E-state index < -0.39 is 72.8 Å². The van der Waals surface area contributed by atoms with Crippen LogP contribution >= 0.6 is 0 Å². The molecule has 0 aliphatic heterocycles. The van der Waals surface area contributed by atoms with Gasteiger partial charge in [0.15, 0.2) is 0 Å². The molecule has 0 saturated heterocycles. The first-order valence-electron chi connectivity index (χ1n) is 10.2. The number of hydrogen-bond donors (Lipinski definition) is 8. The van der Waals surface area contributed by atoms with Crippen LogP contribution in [0.4, 0.5) is 0 Å². The van der Waals surface area contributed by atoms with Crippen molar-refractivity contribution in [3.63, 3.8) is 0 Å². The second-order valence-electron chi connectivity index (χ2n) is 7.50. The number of nitrogens with one attached hydrogen (secondary N) is 4. The van der Waals surface area contributed by atoms with Gasteiger partial charge in [-0.15, -0.1) is 0 Å². The summed E-state index contributed by atoms with van der Waals surface area (Å²) in [5, 5.41) is 34.6. The van der Waals surface area contributed by atoms with Crippen LogP contribution in [0.2, 0.25) is 0 Å². The van der Waals surface area contributed by atoms with Gasteiger partial charge in [-0.05, 0) is 5.92 Å². The number of nitrogens with zero attached hydrogens (tertiary/aromatic N) is 1. The summed E-state index contributed by atoms with van der Waals surface area (Å²) in [4.78, 5) is 66.3. The summed E-state index contributed by atoms with van der Waals surface area (Å²) in [5.74, 6) is -5.71. The Morgan fingerprint density at radius 1 is 1.06 bits per heavy atom. The normalized spacial score (nSPS) is 15.4. The Hall–Kier alpha value is -3.52. The molecular weight excluding hydrogens is 440 g/mol. The summed E-state index contributed by atoms with van der Waals surface area (Å²) in [5.41, 5.74) is 5.98. The highest BCUT2D eigenvalue weighted by Crippen LogP contribution is 2.08. The number of aromatic amines is 1. The van der Waals surface area contributed by atoms with Crippen molar-refractivity contribution in [2.24, 2.45) is 11.7 Å². The van der Waals surface area contributed by atoms with E-state index in [1.165, 1.54) is 12.5 Å². The minimum Gasteiger partial charge on any atom is -0.481 e. The number of aromatic nitrogens is 2. The van der Waals surface area contributed by atoms with E-state index in [2.05, 4.69) is 25.9 Å². The van der Waals surface area contributed by atoms with Crippen LogP contribution in [-0.2, 0) is 30.4 Å². The molecule has 14 nitrogen and oxygen atoms in total. The standard InChI is InChI=1S/C19H30N6O8/c1-3-9(2)15(19(32)33)25-18(31)13(7-26)24-17(30)12(4-10-6-21-8-22-10)23-16(29)11(20)5-14(27)28/h6,8-9,11-13,15,26H,3-5,7,20H2,1-2H3,(H,21,22)(H,23,29)(H,24,30)(H,25,31)(H,27,28)(H,32,33). The molecule has 33 heavy (non-hydrogen) atoms. The minimum absolute atomic E-state index is 0.109. The monoisotopic (exact) mass is 470 g/mol. The van der Waals surface area contributed by atoms with Gasteiger partial charge >= 0.3 is 11.9 Å². The Morgan fingerprint density at radius 2 is 1.67 bits per heavy atom. The van der Waals surface area contributed by atoms with Crippen LogP contribution in [0.1, 0.15) is 32.4 Å². The van der Waals surface area contributed by atoms with Crippen LogP contribution in [0.25, 0.3) is 0 Å². The van der Waals surface area contributed by atoms with Gasteiger partial charge in [0.25, 0.3) is 0 Å². The lowest BCUT2D eigenvalue weighted by Crippen LogP contribution is -2.59. The number of aliphatic hydroxyl groups excluding tert-OH is 1. The molecule has 0 bridgehead atoms. The van der Waals surface area contributed by atoms with Crippen molar-refractivity contribution in [1.82, 2.24) is 25.9 Å². The third kappa shape index (κ3) is 8.86. The number of imidazole rings is 1. The van der Waals surface area contributed by atoms with Crippen LogP contribution in [0.5, 0.6) is 0 Å². The summed E-state index contributed by atoms with van der Waals surface area (Å²) >= 11 is 0. The van der Waals surface area contributed by atoms with E-state index in [0.717, 1.165) is 0 Å². The van der Waals surface area contributed by atoms with Crippen molar-refractivity contribution in [3.05, 3.63) is 18.2 Å². The van der Waals surface area contributed by atoms with Gasteiger partial charge in [-0.2, -0.15) is 0 Å². The van der Waals surface area contributed by atoms with Crippen molar-refractivity contribution in [3.8, 4) is 0 Å². The van der Waals surface area contributed by atoms with Gasteiger partial charge in [0.05, 0.1) is 25.4 Å². The van der Waals surface area contributed by atoms with Crippen molar-refractivity contribution in [2.45, 2.75) is 57.3 Å². The average Bonchev–Trinajstić information content (AvgIpc) is 3.26. The number of amides is 3. The van der Waals surface area contributed by atoms with E-state index in [9.17, 15) is 34.2 Å². The summed E-state index contributed by atoms with van der Waals surface area (Å²) < 4.78 is 0. The highest BCUT2D eigenvalue weighted by Gasteiger charge is 2.32. The molecule has 0 aliphatic carbocycles. The summed E-state index contributed by atoms with van der Waals surface area (Å²) in [6.45, 7) is 2.53. The predicted molar refractivity (Wildman–Crippen MR) is 112 cm³/mol. The molecule has 14 heteroatoms. The Balaban J connectivity index is 2.95. The number of aliphatic carboxylic acids is 2. The molecule has 0 spiro atoms. The van der Waals surface area contributed by atoms with Crippen LogP contribution in [0, 0.1) is 5.92 Å². The molecule has 0 saturated carbocycles. The van der Waals surface area contributed by atoms with Crippen LogP contribution in [-0.4, -0.2) is 85.7 Å². The summed E-state index contributed by atoms with van der Waals surface area (Å²) in [6, 6.07) is -5.46. The average molecular weight is 470 g/mol. The molecule has 0 aliphatic rings. The molecule has 0 aromatic carbocycles. The van der Waals surface area contributed by atoms with Gasteiger partial charge in [0, 0.05) is 18.3 Å². The van der Waals surface area contributed by atoms with Gasteiger partial charge < -0.3 is 42.0 Å². The summed E-state index contributed by atoms with van der Waals surface area (Å²) in [6.07, 6.45) is 2.42. The number of rotatable bonds is 14. The fourth-order valence-electron chi connectivity index (χ4n) is 2.79. The maximum absolute atomic E-state index is 12.8. The van der Waals surface area contributed by atoms with E-state index in [-0.39, 0.29) is 6.42 Å². The second-order valence-corrected chi connectivity index (χ2v) is 7.50. The lowest BCUT2D eigenvalue weighted by atomic mass is 9.99. The Labute approximate surface area is 189 Å². The molecule has 9 N–H and O–H groups in total. The number of carboxylic acids is 2. The maximum Gasteiger partial charge on any atom is 0.326 e. The lowest BCUT2D eigenvalue weighted by Gasteiger charge is -2.25. The van der Waals surface area contributed by atoms with Crippen LogP contribution < -0.4 is 21.7 Å². The first-order valence-corrected chi connectivity index (χ1v) is 10.2. The van der Waals surface area contributed by atoms with Gasteiger partial charge in [-0.1, -0.05) is 20.3 Å². The Morgan fingerprint density at radius 3 is 2.15 bits per heavy atom. The van der Waals surface area contributed by atoms with Crippen molar-refractivity contribution < 1.29 is 39.3 Å². The van der Waals surface area contributed by atoms with Gasteiger partial charge in [-0.25, -0.2) is 9.78 Å². The Bertz CT molecular complexity index is 830. The third-order valence-corrected chi connectivity index (χ3v) is 4.94. The van der Waals surface area contributed by atoms with Crippen LogP contribution in [0.3, 0.4) is 0 Å². The number of hydrogen-bond acceptors (Lipinski definition) is 8. The molecule has 1 aromatic rings. The zero-order valence-corrected chi connectivity index (χ0v) is 18.3. The van der Waals surface area contributed by atoms with Crippen molar-refractivity contribution in [1.29, 1.82) is 0 Å². The molecule has 0 fully saturated rings. The number of H-pyrrole nitrogens is 1. The number of carbonyl (C=O) groups excluding carboxylic acids is 3. The number of carboxylic acid groups (broad SMARTS) is 2. The van der Waals surface area contributed by atoms with E-state index in [4.69, 9.17) is 10.8 Å². The SMILES string of the molecule is CCC(C)C(NC(=O)C(CO)NC(=O)C(Cc1cnc[nH]1)NC(=O)C(N)CC(=O)O)C(=O)O. The molecule has 1 heterocycles. The third-order valence-electron chi connectivity index (χ3n) is 4.94. The number of nitrogens with two attached hydrogens (primary N) is 1. The van der Waals surface area contributed by atoms with Crippen molar-refractivity contribution in [2.75, 3.05) is 6.61 Å². The van der Waals surface area contributed by atoms with Gasteiger partial charge in [0.1, 0.15) is 18.1 Å². The fourth-order valence-corrected chi connectivity index (χ4v) is 2.79. The molecule has 184 valence electrons. The second kappa shape index (κ2) is 13.1. The first kappa shape index (κ1) is 27.5. The van der Waals surface area contributed by atoms with Crippen LogP contribution in [0.15, 0.2) is 12.5 Å².